The number of aryl methyl sites for hydroxylation is 1. The van der Waals surface area contributed by atoms with Gasteiger partial charge in [-0.1, -0.05) is 29.8 Å². The third-order valence-electron chi connectivity index (χ3n) is 2.70. The van der Waals surface area contributed by atoms with E-state index >= 15 is 0 Å². The molecule has 1 rings (SSSR count). The zero-order chi connectivity index (χ0) is 13.9. The molecule has 1 atom stereocenters. The topological polar surface area (TPSA) is 64.4 Å². The van der Waals surface area contributed by atoms with Crippen molar-refractivity contribution in [3.63, 3.8) is 0 Å². The SMILES string of the molecule is Cc1ccc(C(C#N)N(C)S(=O)(=O)N(C)C)cc1. The zero-order valence-electron chi connectivity index (χ0n) is 11.0. The molecule has 0 aliphatic heterocycles. The lowest BCUT2D eigenvalue weighted by atomic mass is 10.1. The van der Waals surface area contributed by atoms with Crippen molar-refractivity contribution in [3.05, 3.63) is 35.4 Å². The summed E-state index contributed by atoms with van der Waals surface area (Å²) in [7, 11) is 0.683. The molecule has 0 heterocycles. The largest absolute Gasteiger partial charge is 0.282 e. The molecule has 0 radical (unpaired) electrons. The zero-order valence-corrected chi connectivity index (χ0v) is 11.8. The first-order chi connectivity index (χ1) is 8.30. The van der Waals surface area contributed by atoms with E-state index in [9.17, 15) is 13.7 Å². The molecule has 1 unspecified atom stereocenters. The molecule has 0 aromatic heterocycles. The van der Waals surface area contributed by atoms with Gasteiger partial charge < -0.3 is 0 Å². The fourth-order valence-electron chi connectivity index (χ4n) is 1.51. The van der Waals surface area contributed by atoms with Crippen LogP contribution in [0, 0.1) is 18.3 Å². The van der Waals surface area contributed by atoms with Crippen molar-refractivity contribution < 1.29 is 8.42 Å². The molecule has 5 nitrogen and oxygen atoms in total. The van der Waals surface area contributed by atoms with Crippen LogP contribution in [0.5, 0.6) is 0 Å². The second-order valence-corrected chi connectivity index (χ2v) is 6.45. The molecule has 1 aromatic rings. The van der Waals surface area contributed by atoms with Crippen LogP contribution in [0.4, 0.5) is 0 Å². The van der Waals surface area contributed by atoms with E-state index in [0.717, 1.165) is 14.2 Å². The third kappa shape index (κ3) is 2.88. The molecule has 6 heteroatoms. The lowest BCUT2D eigenvalue weighted by Crippen LogP contribution is -2.39. The normalized spacial score (nSPS) is 13.6. The van der Waals surface area contributed by atoms with E-state index in [2.05, 4.69) is 0 Å². The van der Waals surface area contributed by atoms with E-state index < -0.39 is 16.3 Å². The summed E-state index contributed by atoms with van der Waals surface area (Å²) in [6, 6.07) is 8.45. The summed E-state index contributed by atoms with van der Waals surface area (Å²) in [6.07, 6.45) is 0. The highest BCUT2D eigenvalue weighted by Gasteiger charge is 2.29. The predicted octanol–water partition coefficient (Wildman–Crippen LogP) is 1.30. The van der Waals surface area contributed by atoms with Gasteiger partial charge in [0.05, 0.1) is 6.07 Å². The van der Waals surface area contributed by atoms with Crippen LogP contribution >= 0.6 is 0 Å². The maximum absolute atomic E-state index is 12.0. The van der Waals surface area contributed by atoms with E-state index in [1.807, 2.05) is 25.1 Å². The van der Waals surface area contributed by atoms with Crippen LogP contribution in [-0.2, 0) is 10.2 Å². The molecule has 0 aliphatic rings. The van der Waals surface area contributed by atoms with Crippen LogP contribution in [0.25, 0.3) is 0 Å². The first-order valence-corrected chi connectivity index (χ1v) is 6.82. The number of rotatable bonds is 4. The van der Waals surface area contributed by atoms with Crippen LogP contribution in [0.2, 0.25) is 0 Å². The lowest BCUT2D eigenvalue weighted by molar-refractivity contribution is 0.390. The molecule has 0 N–H and O–H groups in total. The Balaban J connectivity index is 3.13. The van der Waals surface area contributed by atoms with Gasteiger partial charge in [-0.05, 0) is 12.5 Å². The highest BCUT2D eigenvalue weighted by Crippen LogP contribution is 2.22. The van der Waals surface area contributed by atoms with Crippen molar-refractivity contribution in [3.8, 4) is 6.07 Å². The van der Waals surface area contributed by atoms with Gasteiger partial charge in [-0.25, -0.2) is 0 Å². The first kappa shape index (κ1) is 14.6. The van der Waals surface area contributed by atoms with E-state index in [1.54, 1.807) is 12.1 Å². The molecule has 0 saturated heterocycles. The molecule has 0 spiro atoms. The molecule has 0 aliphatic carbocycles. The fourth-order valence-corrected chi connectivity index (χ4v) is 2.46. The minimum atomic E-state index is -3.60. The van der Waals surface area contributed by atoms with Gasteiger partial charge in [0.2, 0.25) is 0 Å². The number of hydrogen-bond acceptors (Lipinski definition) is 3. The Morgan fingerprint density at radius 1 is 1.17 bits per heavy atom. The van der Waals surface area contributed by atoms with Gasteiger partial charge in [-0.2, -0.15) is 22.3 Å². The molecular weight excluding hydrogens is 250 g/mol. The minimum Gasteiger partial charge on any atom is -0.196 e. The van der Waals surface area contributed by atoms with Crippen LogP contribution in [0.3, 0.4) is 0 Å². The minimum absolute atomic E-state index is 0.663. The standard InChI is InChI=1S/C12H17N3O2S/c1-10-5-7-11(8-6-10)12(9-13)15(4)18(16,17)14(2)3/h5-8,12H,1-4H3. The molecule has 0 amide bonds. The van der Waals surface area contributed by atoms with Gasteiger partial charge in [0.25, 0.3) is 10.2 Å². The Hall–Kier alpha value is -1.42. The fraction of sp³-hybridized carbons (Fsp3) is 0.417. The molecule has 0 fully saturated rings. The monoisotopic (exact) mass is 267 g/mol. The van der Waals surface area contributed by atoms with Gasteiger partial charge in [-0.15, -0.1) is 0 Å². The van der Waals surface area contributed by atoms with Gasteiger partial charge in [0.15, 0.2) is 0 Å². The van der Waals surface area contributed by atoms with Crippen LogP contribution in [0.1, 0.15) is 17.2 Å². The van der Waals surface area contributed by atoms with Gasteiger partial charge in [0.1, 0.15) is 6.04 Å². The summed E-state index contributed by atoms with van der Waals surface area (Å²) in [4.78, 5) is 0. The van der Waals surface area contributed by atoms with E-state index in [-0.39, 0.29) is 0 Å². The van der Waals surface area contributed by atoms with E-state index in [1.165, 1.54) is 21.1 Å². The number of nitriles is 1. The Morgan fingerprint density at radius 3 is 2.06 bits per heavy atom. The molecule has 98 valence electrons. The van der Waals surface area contributed by atoms with Gasteiger partial charge in [0, 0.05) is 21.1 Å². The molecule has 0 bridgehead atoms. The summed E-state index contributed by atoms with van der Waals surface area (Å²) >= 11 is 0. The molecule has 1 aromatic carbocycles. The first-order valence-electron chi connectivity index (χ1n) is 5.42. The summed E-state index contributed by atoms with van der Waals surface area (Å²) < 4.78 is 26.1. The van der Waals surface area contributed by atoms with Crippen LogP contribution in [-0.4, -0.2) is 38.2 Å². The molecule has 18 heavy (non-hydrogen) atoms. The summed E-state index contributed by atoms with van der Waals surface area (Å²) in [6.45, 7) is 1.94. The quantitative estimate of drug-likeness (QED) is 0.826. The maximum atomic E-state index is 12.0. The Labute approximate surface area is 108 Å². The average molecular weight is 267 g/mol. The summed E-state index contributed by atoms with van der Waals surface area (Å²) in [5.74, 6) is 0. The Morgan fingerprint density at radius 2 is 1.67 bits per heavy atom. The van der Waals surface area contributed by atoms with E-state index in [0.29, 0.717) is 5.56 Å². The molecule has 0 saturated carbocycles. The summed E-state index contributed by atoms with van der Waals surface area (Å²) in [5.41, 5.74) is 1.73. The smallest absolute Gasteiger partial charge is 0.196 e. The van der Waals surface area contributed by atoms with Crippen molar-refractivity contribution in [1.82, 2.24) is 8.61 Å². The number of hydrogen-bond donors (Lipinski definition) is 0. The highest BCUT2D eigenvalue weighted by atomic mass is 32.2. The van der Waals surface area contributed by atoms with Gasteiger partial charge >= 0.3 is 0 Å². The van der Waals surface area contributed by atoms with Crippen LogP contribution < -0.4 is 0 Å². The maximum Gasteiger partial charge on any atom is 0.282 e. The Kier molecular flexibility index (Phi) is 4.46. The molecular formula is C12H17N3O2S. The van der Waals surface area contributed by atoms with Crippen molar-refractivity contribution in [2.45, 2.75) is 13.0 Å². The van der Waals surface area contributed by atoms with Crippen molar-refractivity contribution >= 4 is 10.2 Å². The predicted molar refractivity (Wildman–Crippen MR) is 69.9 cm³/mol. The second-order valence-electron chi connectivity index (χ2n) is 4.25. The van der Waals surface area contributed by atoms with Gasteiger partial charge in [-0.3, -0.25) is 0 Å². The van der Waals surface area contributed by atoms with Crippen molar-refractivity contribution in [2.75, 3.05) is 21.1 Å². The second kappa shape index (κ2) is 5.48. The highest BCUT2D eigenvalue weighted by molar-refractivity contribution is 7.86. The lowest BCUT2D eigenvalue weighted by Gasteiger charge is -2.25. The van der Waals surface area contributed by atoms with Crippen molar-refractivity contribution in [2.24, 2.45) is 0 Å². The number of nitrogens with zero attached hydrogens (tertiary/aromatic N) is 3. The van der Waals surface area contributed by atoms with Crippen LogP contribution in [0.15, 0.2) is 24.3 Å². The Bertz CT molecular complexity index is 544. The number of benzene rings is 1. The van der Waals surface area contributed by atoms with Crippen molar-refractivity contribution in [1.29, 1.82) is 5.26 Å². The summed E-state index contributed by atoms with van der Waals surface area (Å²) in [5, 5.41) is 9.19. The third-order valence-corrected chi connectivity index (χ3v) is 4.57. The average Bonchev–Trinajstić information content (AvgIpc) is 2.32. The van der Waals surface area contributed by atoms with E-state index in [4.69, 9.17) is 0 Å².